The van der Waals surface area contributed by atoms with Gasteiger partial charge < -0.3 is 15.3 Å². The van der Waals surface area contributed by atoms with Crippen molar-refractivity contribution in [3.63, 3.8) is 0 Å². The topological polar surface area (TPSA) is 97.5 Å². The summed E-state index contributed by atoms with van der Waals surface area (Å²) in [6, 6.07) is 2.58. The number of hydrazine groups is 1. The average molecular weight is 403 g/mol. The molecule has 1 saturated carbocycles. The molecule has 4 rings (SSSR count). The molecule has 28 heavy (non-hydrogen) atoms. The molecule has 2 aliphatic rings. The molecule has 1 aliphatic heterocycles. The van der Waals surface area contributed by atoms with E-state index in [1.54, 1.807) is 0 Å². The van der Waals surface area contributed by atoms with Crippen LogP contribution in [0.1, 0.15) is 35.3 Å². The van der Waals surface area contributed by atoms with E-state index < -0.39 is 5.97 Å². The highest BCUT2D eigenvalue weighted by Crippen LogP contribution is 2.27. The molecule has 2 aromatic heterocycles. The zero-order valence-electron chi connectivity index (χ0n) is 16.0. The molecule has 0 aromatic carbocycles. The van der Waals surface area contributed by atoms with Crippen molar-refractivity contribution >= 4 is 40.3 Å². The number of carbonyl (C=O) groups is 1. The first kappa shape index (κ1) is 18.6. The standard InChI is InChI=1S/C18H23N7O2S/c1-3-25(13-4-5-13)24-8-6-23(7-9-24)16-10-15(20-12(2)21-16)22-18-19-11-14(28-18)17(26)27/h3,10-11,13H,4-9H2,1-2H3,(H-,19,20,21,22,26,27)/p+1. The van der Waals surface area contributed by atoms with Crippen LogP contribution in [0, 0.1) is 6.92 Å². The summed E-state index contributed by atoms with van der Waals surface area (Å²) in [6.45, 7) is 7.67. The second-order valence-electron chi connectivity index (χ2n) is 6.93. The van der Waals surface area contributed by atoms with Crippen LogP contribution in [0.4, 0.5) is 16.8 Å². The van der Waals surface area contributed by atoms with E-state index in [9.17, 15) is 4.79 Å². The van der Waals surface area contributed by atoms with E-state index in [0.717, 1.165) is 43.3 Å². The number of carboxylic acid groups (broad SMARTS) is 1. The Hall–Kier alpha value is -2.75. The number of nitrogens with one attached hydrogen (secondary N) is 1. The van der Waals surface area contributed by atoms with Gasteiger partial charge in [0.1, 0.15) is 22.3 Å². The third-order valence-electron chi connectivity index (χ3n) is 4.87. The maximum absolute atomic E-state index is 11.0. The minimum Gasteiger partial charge on any atom is -0.477 e. The second-order valence-corrected chi connectivity index (χ2v) is 7.96. The van der Waals surface area contributed by atoms with Gasteiger partial charge in [-0.15, -0.1) is 4.68 Å². The first-order valence-corrected chi connectivity index (χ1v) is 10.2. The zero-order chi connectivity index (χ0) is 19.7. The smallest absolute Gasteiger partial charge is 0.347 e. The van der Waals surface area contributed by atoms with Gasteiger partial charge in [0.15, 0.2) is 17.4 Å². The summed E-state index contributed by atoms with van der Waals surface area (Å²) in [5.74, 6) is 1.19. The van der Waals surface area contributed by atoms with Crippen LogP contribution in [0.5, 0.6) is 0 Å². The van der Waals surface area contributed by atoms with Crippen LogP contribution >= 0.6 is 11.3 Å². The third-order valence-corrected chi connectivity index (χ3v) is 5.77. The normalized spacial score (nSPS) is 17.7. The van der Waals surface area contributed by atoms with Crippen LogP contribution in [0.2, 0.25) is 0 Å². The number of anilines is 3. The monoisotopic (exact) mass is 402 g/mol. The lowest BCUT2D eigenvalue weighted by atomic mass is 10.3. The SMILES string of the molecule is CC=[N+](C1CC1)N1CCN(c2cc(Nc3ncc(C(=O)O)s3)nc(C)n2)CC1. The predicted molar refractivity (Wildman–Crippen MR) is 108 cm³/mol. The van der Waals surface area contributed by atoms with Gasteiger partial charge in [-0.2, -0.15) is 5.01 Å². The number of thiazole rings is 1. The first-order valence-electron chi connectivity index (χ1n) is 9.43. The van der Waals surface area contributed by atoms with Crippen molar-refractivity contribution in [1.29, 1.82) is 0 Å². The Labute approximate surface area is 167 Å². The van der Waals surface area contributed by atoms with E-state index in [2.05, 4.69) is 48.0 Å². The molecular weight excluding hydrogens is 378 g/mol. The highest BCUT2D eigenvalue weighted by molar-refractivity contribution is 7.17. The molecule has 9 nitrogen and oxygen atoms in total. The molecule has 10 heteroatoms. The van der Waals surface area contributed by atoms with Crippen LogP contribution in [-0.2, 0) is 0 Å². The highest BCUT2D eigenvalue weighted by atomic mass is 32.1. The van der Waals surface area contributed by atoms with E-state index >= 15 is 0 Å². The number of aryl methyl sites for hydroxylation is 1. The van der Waals surface area contributed by atoms with Gasteiger partial charge in [-0.3, -0.25) is 0 Å². The molecule has 2 fully saturated rings. The molecule has 0 spiro atoms. The van der Waals surface area contributed by atoms with Gasteiger partial charge in [-0.1, -0.05) is 11.3 Å². The molecular formula is C18H24N7O2S+. The van der Waals surface area contributed by atoms with E-state index in [1.807, 2.05) is 13.0 Å². The average Bonchev–Trinajstić information content (AvgIpc) is 3.40. The lowest BCUT2D eigenvalue weighted by Gasteiger charge is -2.33. The Morgan fingerprint density at radius 1 is 1.32 bits per heavy atom. The molecule has 148 valence electrons. The summed E-state index contributed by atoms with van der Waals surface area (Å²) in [4.78, 5) is 26.6. The molecule has 0 amide bonds. The Kier molecular flexibility index (Phi) is 5.12. The molecule has 2 aromatic rings. The zero-order valence-corrected chi connectivity index (χ0v) is 16.8. The van der Waals surface area contributed by atoms with Crippen LogP contribution in [0.15, 0.2) is 12.3 Å². The van der Waals surface area contributed by atoms with Gasteiger partial charge in [0.2, 0.25) is 0 Å². The fourth-order valence-electron chi connectivity index (χ4n) is 3.42. The van der Waals surface area contributed by atoms with Crippen molar-refractivity contribution in [3.8, 4) is 0 Å². The van der Waals surface area contributed by atoms with Crippen LogP contribution in [-0.4, -0.2) is 74.2 Å². The van der Waals surface area contributed by atoms with Crippen molar-refractivity contribution < 1.29 is 14.6 Å². The van der Waals surface area contributed by atoms with Gasteiger partial charge in [-0.25, -0.2) is 19.7 Å². The van der Waals surface area contributed by atoms with Crippen molar-refractivity contribution in [2.24, 2.45) is 0 Å². The Morgan fingerprint density at radius 2 is 2.07 bits per heavy atom. The van der Waals surface area contributed by atoms with E-state index in [-0.39, 0.29) is 4.88 Å². The number of hydrogen-bond acceptors (Lipinski definition) is 8. The van der Waals surface area contributed by atoms with Gasteiger partial charge in [0, 0.05) is 38.9 Å². The van der Waals surface area contributed by atoms with Crippen LogP contribution in [0.3, 0.4) is 0 Å². The summed E-state index contributed by atoms with van der Waals surface area (Å²) in [6.07, 6.45) is 6.10. The Balaban J connectivity index is 1.44. The third kappa shape index (κ3) is 4.06. The van der Waals surface area contributed by atoms with E-state index in [4.69, 9.17) is 5.11 Å². The quantitative estimate of drug-likeness (QED) is 0.559. The number of carboxylic acids is 1. The minimum atomic E-state index is -0.979. The molecule has 3 heterocycles. The number of hydrogen-bond donors (Lipinski definition) is 2. The maximum Gasteiger partial charge on any atom is 0.347 e. The molecule has 1 aliphatic carbocycles. The molecule has 1 saturated heterocycles. The van der Waals surface area contributed by atoms with Crippen molar-refractivity contribution in [1.82, 2.24) is 20.0 Å². The molecule has 0 unspecified atom stereocenters. The molecule has 2 N–H and O–H groups in total. The van der Waals surface area contributed by atoms with E-state index in [1.165, 1.54) is 19.0 Å². The predicted octanol–water partition coefficient (Wildman–Crippen LogP) is 1.99. The summed E-state index contributed by atoms with van der Waals surface area (Å²) >= 11 is 1.09. The fraction of sp³-hybridized carbons (Fsp3) is 0.500. The molecule has 0 bridgehead atoms. The minimum absolute atomic E-state index is 0.192. The van der Waals surface area contributed by atoms with E-state index in [0.29, 0.717) is 22.8 Å². The maximum atomic E-state index is 11.0. The van der Waals surface area contributed by atoms with Gasteiger partial charge in [0.25, 0.3) is 0 Å². The summed E-state index contributed by atoms with van der Waals surface area (Å²) < 4.78 is 2.39. The summed E-state index contributed by atoms with van der Waals surface area (Å²) in [5, 5.41) is 15.1. The van der Waals surface area contributed by atoms with Gasteiger partial charge in [-0.05, 0) is 6.92 Å². The van der Waals surface area contributed by atoms with Crippen molar-refractivity contribution in [2.45, 2.75) is 32.7 Å². The highest BCUT2D eigenvalue weighted by Gasteiger charge is 2.38. The number of aromatic nitrogens is 3. The van der Waals surface area contributed by atoms with Crippen molar-refractivity contribution in [3.05, 3.63) is 23.0 Å². The molecule has 0 radical (unpaired) electrons. The lowest BCUT2D eigenvalue weighted by Crippen LogP contribution is -2.51. The summed E-state index contributed by atoms with van der Waals surface area (Å²) in [7, 11) is 0. The first-order chi connectivity index (χ1) is 13.5. The van der Waals surface area contributed by atoms with Crippen LogP contribution < -0.4 is 10.2 Å². The molecule has 0 atom stereocenters. The number of aromatic carboxylic acids is 1. The fourth-order valence-corrected chi connectivity index (χ4v) is 4.08. The second kappa shape index (κ2) is 7.70. The van der Waals surface area contributed by atoms with Crippen LogP contribution in [0.25, 0.3) is 0 Å². The lowest BCUT2D eigenvalue weighted by molar-refractivity contribution is -0.698. The number of nitrogens with zero attached hydrogens (tertiary/aromatic N) is 6. The number of hydrazone groups is 1. The number of piperazine rings is 1. The Morgan fingerprint density at radius 3 is 2.68 bits per heavy atom. The van der Waals surface area contributed by atoms with Gasteiger partial charge >= 0.3 is 5.97 Å². The van der Waals surface area contributed by atoms with Crippen molar-refractivity contribution in [2.75, 3.05) is 36.4 Å². The largest absolute Gasteiger partial charge is 0.477 e. The number of rotatable bonds is 6. The summed E-state index contributed by atoms with van der Waals surface area (Å²) in [5.41, 5.74) is 0. The van der Waals surface area contributed by atoms with Gasteiger partial charge in [0.05, 0.1) is 19.3 Å². The Bertz CT molecular complexity index is 901.